The van der Waals surface area contributed by atoms with Crippen molar-refractivity contribution in [2.24, 2.45) is 5.41 Å². The van der Waals surface area contributed by atoms with Crippen LogP contribution in [-0.4, -0.2) is 13.2 Å². The predicted molar refractivity (Wildman–Crippen MR) is 72.4 cm³/mol. The monoisotopic (exact) mass is 234 g/mol. The first-order valence-electron chi connectivity index (χ1n) is 6.20. The summed E-state index contributed by atoms with van der Waals surface area (Å²) in [5, 5.41) is 3.55. The summed E-state index contributed by atoms with van der Waals surface area (Å²) in [5.41, 5.74) is 8.10. The van der Waals surface area contributed by atoms with E-state index in [1.165, 1.54) is 19.3 Å². The topological polar surface area (TPSA) is 47.3 Å². The van der Waals surface area contributed by atoms with Gasteiger partial charge in [-0.05, 0) is 30.7 Å². The Kier molecular flexibility index (Phi) is 3.18. The summed E-state index contributed by atoms with van der Waals surface area (Å²) in [7, 11) is 1.66. The summed E-state index contributed by atoms with van der Waals surface area (Å²) in [4.78, 5) is 0. The van der Waals surface area contributed by atoms with Gasteiger partial charge in [0, 0.05) is 29.5 Å². The molecule has 1 unspecified atom stereocenters. The average Bonchev–Trinajstić information content (AvgIpc) is 2.57. The van der Waals surface area contributed by atoms with Crippen LogP contribution in [0.25, 0.3) is 0 Å². The molecule has 3 heteroatoms. The molecule has 0 aliphatic heterocycles. The molecule has 0 radical (unpaired) electrons. The van der Waals surface area contributed by atoms with Crippen molar-refractivity contribution in [1.82, 2.24) is 0 Å². The summed E-state index contributed by atoms with van der Waals surface area (Å²) in [6.45, 7) is 4.66. The van der Waals surface area contributed by atoms with Gasteiger partial charge >= 0.3 is 0 Å². The molecular formula is C14H22N2O. The molecule has 1 aromatic rings. The number of hydrogen-bond acceptors (Lipinski definition) is 3. The number of hydrogen-bond donors (Lipinski definition) is 2. The minimum absolute atomic E-state index is 0.460. The number of methoxy groups -OCH3 is 1. The second-order valence-corrected chi connectivity index (χ2v) is 5.74. The Bertz CT molecular complexity index is 401. The number of rotatable bonds is 3. The number of nitrogens with two attached hydrogens (primary N) is 1. The fourth-order valence-electron chi connectivity index (χ4n) is 2.62. The molecule has 1 aliphatic rings. The van der Waals surface area contributed by atoms with Crippen LogP contribution in [-0.2, 0) is 0 Å². The van der Waals surface area contributed by atoms with E-state index in [1.807, 2.05) is 18.2 Å². The molecule has 1 atom stereocenters. The zero-order valence-electron chi connectivity index (χ0n) is 10.9. The maximum Gasteiger partial charge on any atom is 0.122 e. The smallest absolute Gasteiger partial charge is 0.122 e. The van der Waals surface area contributed by atoms with Gasteiger partial charge < -0.3 is 15.8 Å². The van der Waals surface area contributed by atoms with E-state index in [2.05, 4.69) is 19.2 Å². The average molecular weight is 234 g/mol. The van der Waals surface area contributed by atoms with Gasteiger partial charge in [-0.3, -0.25) is 0 Å². The van der Waals surface area contributed by atoms with E-state index in [9.17, 15) is 0 Å². The van der Waals surface area contributed by atoms with Gasteiger partial charge in [0.1, 0.15) is 5.75 Å². The van der Waals surface area contributed by atoms with Gasteiger partial charge in [0.05, 0.1) is 7.11 Å². The van der Waals surface area contributed by atoms with Crippen LogP contribution >= 0.6 is 0 Å². The molecular weight excluding hydrogens is 212 g/mol. The Balaban J connectivity index is 2.06. The van der Waals surface area contributed by atoms with Crippen LogP contribution in [0.2, 0.25) is 0 Å². The van der Waals surface area contributed by atoms with Crippen LogP contribution < -0.4 is 15.8 Å². The Labute approximate surface area is 103 Å². The largest absolute Gasteiger partial charge is 0.497 e. The molecule has 0 saturated heterocycles. The number of benzene rings is 1. The first kappa shape index (κ1) is 12.1. The lowest BCUT2D eigenvalue weighted by Crippen LogP contribution is -2.17. The van der Waals surface area contributed by atoms with Crippen molar-refractivity contribution in [3.63, 3.8) is 0 Å². The van der Waals surface area contributed by atoms with Crippen LogP contribution in [0.5, 0.6) is 5.75 Å². The third kappa shape index (κ3) is 3.05. The van der Waals surface area contributed by atoms with E-state index in [1.54, 1.807) is 7.11 Å². The molecule has 0 bridgehead atoms. The Morgan fingerprint density at radius 1 is 1.35 bits per heavy atom. The molecule has 1 aliphatic carbocycles. The van der Waals surface area contributed by atoms with Crippen molar-refractivity contribution in [3.8, 4) is 5.75 Å². The quantitative estimate of drug-likeness (QED) is 0.789. The van der Waals surface area contributed by atoms with Gasteiger partial charge in [-0.1, -0.05) is 13.8 Å². The molecule has 3 nitrogen and oxygen atoms in total. The second-order valence-electron chi connectivity index (χ2n) is 5.74. The van der Waals surface area contributed by atoms with Crippen LogP contribution in [0, 0.1) is 5.41 Å². The Morgan fingerprint density at radius 3 is 2.71 bits per heavy atom. The van der Waals surface area contributed by atoms with Crippen molar-refractivity contribution in [1.29, 1.82) is 0 Å². The summed E-state index contributed by atoms with van der Waals surface area (Å²) < 4.78 is 5.22. The van der Waals surface area contributed by atoms with Gasteiger partial charge in [-0.15, -0.1) is 0 Å². The second kappa shape index (κ2) is 4.47. The van der Waals surface area contributed by atoms with E-state index in [4.69, 9.17) is 10.5 Å². The van der Waals surface area contributed by atoms with Crippen molar-refractivity contribution in [3.05, 3.63) is 18.2 Å². The van der Waals surface area contributed by atoms with Crippen LogP contribution in [0.4, 0.5) is 11.4 Å². The lowest BCUT2D eigenvalue weighted by molar-refractivity contribution is 0.378. The fraction of sp³-hybridized carbons (Fsp3) is 0.571. The zero-order valence-corrected chi connectivity index (χ0v) is 10.9. The van der Waals surface area contributed by atoms with Crippen molar-refractivity contribution in [2.45, 2.75) is 39.2 Å². The Morgan fingerprint density at radius 2 is 2.12 bits per heavy atom. The number of ether oxygens (including phenoxy) is 1. The highest BCUT2D eigenvalue weighted by molar-refractivity contribution is 5.59. The molecule has 0 amide bonds. The van der Waals surface area contributed by atoms with Crippen LogP contribution in [0.1, 0.15) is 33.1 Å². The number of nitrogen functional groups attached to an aromatic ring is 1. The van der Waals surface area contributed by atoms with E-state index in [0.29, 0.717) is 11.5 Å². The molecule has 17 heavy (non-hydrogen) atoms. The molecule has 1 fully saturated rings. The molecule has 1 aromatic carbocycles. The summed E-state index contributed by atoms with van der Waals surface area (Å²) in [5.74, 6) is 0.810. The first-order valence-corrected chi connectivity index (χ1v) is 6.20. The minimum atomic E-state index is 0.460. The van der Waals surface area contributed by atoms with Gasteiger partial charge in [0.2, 0.25) is 0 Å². The maximum absolute atomic E-state index is 5.84. The SMILES string of the molecule is COc1cc(N)cc(NC2CCC(C)(C)C2)c1. The molecule has 94 valence electrons. The highest BCUT2D eigenvalue weighted by atomic mass is 16.5. The third-order valence-electron chi connectivity index (χ3n) is 3.50. The molecule has 0 heterocycles. The molecule has 0 spiro atoms. The lowest BCUT2D eigenvalue weighted by atomic mass is 9.92. The fourth-order valence-corrected chi connectivity index (χ4v) is 2.62. The standard InChI is InChI=1S/C14H22N2O/c1-14(2)5-4-11(9-14)16-12-6-10(15)7-13(8-12)17-3/h6-8,11,16H,4-5,9,15H2,1-3H3. The minimum Gasteiger partial charge on any atom is -0.497 e. The van der Waals surface area contributed by atoms with Crippen molar-refractivity contribution in [2.75, 3.05) is 18.2 Å². The van der Waals surface area contributed by atoms with E-state index >= 15 is 0 Å². The summed E-state index contributed by atoms with van der Waals surface area (Å²) in [6.07, 6.45) is 3.72. The maximum atomic E-state index is 5.84. The van der Waals surface area contributed by atoms with Crippen LogP contribution in [0.15, 0.2) is 18.2 Å². The summed E-state index contributed by atoms with van der Waals surface area (Å²) in [6, 6.07) is 6.36. The van der Waals surface area contributed by atoms with E-state index in [0.717, 1.165) is 17.1 Å². The van der Waals surface area contributed by atoms with Gasteiger partial charge in [0.25, 0.3) is 0 Å². The highest BCUT2D eigenvalue weighted by Crippen LogP contribution is 2.38. The van der Waals surface area contributed by atoms with Crippen LogP contribution in [0.3, 0.4) is 0 Å². The van der Waals surface area contributed by atoms with E-state index < -0.39 is 0 Å². The third-order valence-corrected chi connectivity index (χ3v) is 3.50. The predicted octanol–water partition coefficient (Wildman–Crippen LogP) is 3.27. The van der Waals surface area contributed by atoms with E-state index in [-0.39, 0.29) is 0 Å². The Hall–Kier alpha value is -1.38. The van der Waals surface area contributed by atoms with Crippen molar-refractivity contribution >= 4 is 11.4 Å². The molecule has 2 rings (SSSR count). The summed E-state index contributed by atoms with van der Waals surface area (Å²) >= 11 is 0. The molecule has 0 aromatic heterocycles. The lowest BCUT2D eigenvalue weighted by Gasteiger charge is -2.19. The zero-order chi connectivity index (χ0) is 12.5. The van der Waals surface area contributed by atoms with Gasteiger partial charge in [-0.2, -0.15) is 0 Å². The normalized spacial score (nSPS) is 22.4. The highest BCUT2D eigenvalue weighted by Gasteiger charge is 2.30. The molecule has 3 N–H and O–H groups in total. The van der Waals surface area contributed by atoms with Gasteiger partial charge in [-0.25, -0.2) is 0 Å². The van der Waals surface area contributed by atoms with Gasteiger partial charge in [0.15, 0.2) is 0 Å². The molecule has 1 saturated carbocycles. The van der Waals surface area contributed by atoms with Crippen molar-refractivity contribution < 1.29 is 4.74 Å². The number of nitrogens with one attached hydrogen (secondary N) is 1. The number of anilines is 2. The first-order chi connectivity index (χ1) is 7.98.